The molecular weight excluding hydrogens is 202 g/mol. The molecule has 0 saturated carbocycles. The Bertz CT molecular complexity index is 423. The molecular formula is C13H15NO2. The Balaban J connectivity index is 2.10. The highest BCUT2D eigenvalue weighted by atomic mass is 16.3. The maximum absolute atomic E-state index is 11.2. The SMILES string of the molecule is CN(Cc1ccccc1)C1=C(O)C(=O)CC1. The van der Waals surface area contributed by atoms with Gasteiger partial charge in [0.1, 0.15) is 0 Å². The lowest BCUT2D eigenvalue weighted by molar-refractivity contribution is -0.117. The van der Waals surface area contributed by atoms with E-state index in [9.17, 15) is 9.90 Å². The van der Waals surface area contributed by atoms with E-state index in [2.05, 4.69) is 0 Å². The first-order valence-corrected chi connectivity index (χ1v) is 5.39. The molecule has 0 aromatic heterocycles. The average molecular weight is 217 g/mol. The van der Waals surface area contributed by atoms with E-state index in [0.717, 1.165) is 5.70 Å². The van der Waals surface area contributed by atoms with Crippen molar-refractivity contribution in [3.63, 3.8) is 0 Å². The molecule has 16 heavy (non-hydrogen) atoms. The molecule has 0 radical (unpaired) electrons. The van der Waals surface area contributed by atoms with Crippen molar-refractivity contribution in [1.82, 2.24) is 4.90 Å². The first-order chi connectivity index (χ1) is 7.68. The Morgan fingerprint density at radius 1 is 1.25 bits per heavy atom. The molecule has 1 aromatic carbocycles. The number of ketones is 1. The third-order valence-corrected chi connectivity index (χ3v) is 2.85. The van der Waals surface area contributed by atoms with Crippen molar-refractivity contribution in [3.8, 4) is 0 Å². The third-order valence-electron chi connectivity index (χ3n) is 2.85. The van der Waals surface area contributed by atoms with Crippen LogP contribution in [-0.4, -0.2) is 22.8 Å². The van der Waals surface area contributed by atoms with Crippen molar-refractivity contribution in [1.29, 1.82) is 0 Å². The van der Waals surface area contributed by atoms with Crippen LogP contribution in [0.4, 0.5) is 0 Å². The highest BCUT2D eigenvalue weighted by Crippen LogP contribution is 2.24. The minimum Gasteiger partial charge on any atom is -0.503 e. The van der Waals surface area contributed by atoms with Crippen LogP contribution in [0.2, 0.25) is 0 Å². The number of rotatable bonds is 3. The smallest absolute Gasteiger partial charge is 0.199 e. The maximum atomic E-state index is 11.2. The molecule has 0 atom stereocenters. The number of nitrogens with zero attached hydrogens (tertiary/aromatic N) is 1. The van der Waals surface area contributed by atoms with Crippen LogP contribution in [0, 0.1) is 0 Å². The Morgan fingerprint density at radius 2 is 1.94 bits per heavy atom. The molecule has 3 nitrogen and oxygen atoms in total. The number of benzene rings is 1. The molecule has 1 aliphatic rings. The fourth-order valence-corrected chi connectivity index (χ4v) is 1.95. The van der Waals surface area contributed by atoms with Gasteiger partial charge in [-0.2, -0.15) is 0 Å². The van der Waals surface area contributed by atoms with Crippen molar-refractivity contribution in [2.45, 2.75) is 19.4 Å². The van der Waals surface area contributed by atoms with Crippen LogP contribution in [0.25, 0.3) is 0 Å². The van der Waals surface area contributed by atoms with E-state index in [1.54, 1.807) is 0 Å². The molecule has 3 heteroatoms. The van der Waals surface area contributed by atoms with Crippen molar-refractivity contribution >= 4 is 5.78 Å². The summed E-state index contributed by atoms with van der Waals surface area (Å²) in [4.78, 5) is 13.1. The highest BCUT2D eigenvalue weighted by molar-refractivity contribution is 5.96. The predicted molar refractivity (Wildman–Crippen MR) is 61.8 cm³/mol. The minimum absolute atomic E-state index is 0.0570. The summed E-state index contributed by atoms with van der Waals surface area (Å²) < 4.78 is 0. The second kappa shape index (κ2) is 4.39. The number of carbonyl (C=O) groups is 1. The average Bonchev–Trinajstić information content (AvgIpc) is 2.61. The summed E-state index contributed by atoms with van der Waals surface area (Å²) in [5.41, 5.74) is 1.93. The molecule has 0 spiro atoms. The van der Waals surface area contributed by atoms with E-state index in [0.29, 0.717) is 19.4 Å². The van der Waals surface area contributed by atoms with Gasteiger partial charge in [0.2, 0.25) is 0 Å². The van der Waals surface area contributed by atoms with E-state index < -0.39 is 0 Å². The lowest BCUT2D eigenvalue weighted by Gasteiger charge is -2.20. The van der Waals surface area contributed by atoms with Crippen molar-refractivity contribution in [3.05, 3.63) is 47.4 Å². The number of Topliss-reactive ketones (excluding diaryl/α,β-unsaturated/α-hetero) is 1. The monoisotopic (exact) mass is 217 g/mol. The largest absolute Gasteiger partial charge is 0.503 e. The van der Waals surface area contributed by atoms with Gasteiger partial charge < -0.3 is 10.0 Å². The molecule has 1 aliphatic carbocycles. The summed E-state index contributed by atoms with van der Waals surface area (Å²) in [7, 11) is 1.90. The van der Waals surface area contributed by atoms with E-state index in [4.69, 9.17) is 0 Å². The Labute approximate surface area is 95.0 Å². The number of hydrogen-bond donors (Lipinski definition) is 1. The second-order valence-electron chi connectivity index (χ2n) is 4.06. The summed E-state index contributed by atoms with van der Waals surface area (Å²) in [5.74, 6) is -0.201. The van der Waals surface area contributed by atoms with Crippen LogP contribution in [0.15, 0.2) is 41.8 Å². The Morgan fingerprint density at radius 3 is 2.50 bits per heavy atom. The fourth-order valence-electron chi connectivity index (χ4n) is 1.95. The summed E-state index contributed by atoms with van der Waals surface area (Å²) >= 11 is 0. The molecule has 0 heterocycles. The van der Waals surface area contributed by atoms with Crippen LogP contribution in [0.1, 0.15) is 18.4 Å². The third kappa shape index (κ3) is 2.08. The fraction of sp³-hybridized carbons (Fsp3) is 0.308. The molecule has 1 aromatic rings. The molecule has 0 aliphatic heterocycles. The van der Waals surface area contributed by atoms with Gasteiger partial charge in [-0.25, -0.2) is 0 Å². The summed E-state index contributed by atoms with van der Waals surface area (Å²) in [6.07, 6.45) is 1.08. The van der Waals surface area contributed by atoms with Gasteiger partial charge in [0.25, 0.3) is 0 Å². The van der Waals surface area contributed by atoms with E-state index in [-0.39, 0.29) is 11.5 Å². The van der Waals surface area contributed by atoms with Gasteiger partial charge in [-0.1, -0.05) is 30.3 Å². The summed E-state index contributed by atoms with van der Waals surface area (Å²) in [6, 6.07) is 10.0. The van der Waals surface area contributed by atoms with Crippen LogP contribution in [0.3, 0.4) is 0 Å². The van der Waals surface area contributed by atoms with E-state index >= 15 is 0 Å². The van der Waals surface area contributed by atoms with E-state index in [1.165, 1.54) is 5.56 Å². The molecule has 1 N–H and O–H groups in total. The number of allylic oxidation sites excluding steroid dienone is 2. The molecule has 0 unspecified atom stereocenters. The lowest BCUT2D eigenvalue weighted by Crippen LogP contribution is -2.17. The van der Waals surface area contributed by atoms with Crippen molar-refractivity contribution < 1.29 is 9.90 Å². The molecule has 0 saturated heterocycles. The molecule has 84 valence electrons. The quantitative estimate of drug-likeness (QED) is 0.844. The van der Waals surface area contributed by atoms with Gasteiger partial charge in [-0.05, 0) is 12.0 Å². The van der Waals surface area contributed by atoms with Gasteiger partial charge >= 0.3 is 0 Å². The van der Waals surface area contributed by atoms with Crippen molar-refractivity contribution in [2.24, 2.45) is 0 Å². The van der Waals surface area contributed by atoms with Gasteiger partial charge in [0, 0.05) is 20.0 Å². The predicted octanol–water partition coefficient (Wildman–Crippen LogP) is 2.25. The Kier molecular flexibility index (Phi) is 2.95. The van der Waals surface area contributed by atoms with Crippen LogP contribution >= 0.6 is 0 Å². The summed E-state index contributed by atoms with van der Waals surface area (Å²) in [5, 5.41) is 9.59. The maximum Gasteiger partial charge on any atom is 0.199 e. The molecule has 0 amide bonds. The molecule has 0 fully saturated rings. The van der Waals surface area contributed by atoms with Crippen LogP contribution in [0.5, 0.6) is 0 Å². The zero-order valence-corrected chi connectivity index (χ0v) is 9.31. The normalized spacial score (nSPS) is 15.7. The molecule has 2 rings (SSSR count). The minimum atomic E-state index is -0.144. The summed E-state index contributed by atoms with van der Waals surface area (Å²) in [6.45, 7) is 0.716. The van der Waals surface area contributed by atoms with Crippen LogP contribution < -0.4 is 0 Å². The lowest BCUT2D eigenvalue weighted by atomic mass is 10.2. The molecule has 0 bridgehead atoms. The topological polar surface area (TPSA) is 40.5 Å². The highest BCUT2D eigenvalue weighted by Gasteiger charge is 2.24. The van der Waals surface area contributed by atoms with Crippen molar-refractivity contribution in [2.75, 3.05) is 7.05 Å². The van der Waals surface area contributed by atoms with Gasteiger partial charge in [0.15, 0.2) is 11.5 Å². The van der Waals surface area contributed by atoms with Gasteiger partial charge in [-0.15, -0.1) is 0 Å². The number of hydrogen-bond acceptors (Lipinski definition) is 3. The number of aliphatic hydroxyl groups is 1. The van der Waals surface area contributed by atoms with Gasteiger partial charge in [0.05, 0.1) is 5.70 Å². The number of aliphatic hydroxyl groups excluding tert-OH is 1. The van der Waals surface area contributed by atoms with Gasteiger partial charge in [-0.3, -0.25) is 4.79 Å². The Hall–Kier alpha value is -1.77. The standard InChI is InChI=1S/C13H15NO2/c1-14(9-10-5-3-2-4-6-10)11-7-8-12(15)13(11)16/h2-6,16H,7-9H2,1H3. The first-order valence-electron chi connectivity index (χ1n) is 5.39. The number of carbonyl (C=O) groups excluding carboxylic acids is 1. The van der Waals surface area contributed by atoms with Crippen LogP contribution in [-0.2, 0) is 11.3 Å². The second-order valence-corrected chi connectivity index (χ2v) is 4.06. The zero-order chi connectivity index (χ0) is 11.5. The van der Waals surface area contributed by atoms with E-state index in [1.807, 2.05) is 42.3 Å². The first kappa shape index (κ1) is 10.7. The zero-order valence-electron chi connectivity index (χ0n) is 9.31.